The lowest BCUT2D eigenvalue weighted by Crippen LogP contribution is -2.43. The highest BCUT2D eigenvalue weighted by Gasteiger charge is 2.39. The van der Waals surface area contributed by atoms with E-state index in [9.17, 15) is 19.1 Å². The fourth-order valence-electron chi connectivity index (χ4n) is 2.05. The fourth-order valence-corrected chi connectivity index (χ4v) is 2.21. The largest absolute Gasteiger partial charge is 0.480 e. The molecule has 0 spiro atoms. The second kappa shape index (κ2) is 5.64. The molecule has 1 aromatic carbocycles. The number of aliphatic hydroxyl groups is 1. The summed E-state index contributed by atoms with van der Waals surface area (Å²) in [5.41, 5.74) is -0.107. The first-order valence-electron chi connectivity index (χ1n) is 5.82. The van der Waals surface area contributed by atoms with Gasteiger partial charge in [0.15, 0.2) is 0 Å². The number of halogens is 2. The van der Waals surface area contributed by atoms with Crippen LogP contribution >= 0.6 is 11.6 Å². The van der Waals surface area contributed by atoms with Gasteiger partial charge in [-0.25, -0.2) is 14.0 Å². The van der Waals surface area contributed by atoms with E-state index in [-0.39, 0.29) is 23.7 Å². The van der Waals surface area contributed by atoms with Crippen molar-refractivity contribution in [2.45, 2.75) is 18.6 Å². The zero-order valence-electron chi connectivity index (χ0n) is 10.2. The van der Waals surface area contributed by atoms with E-state index in [1.54, 1.807) is 0 Å². The maximum absolute atomic E-state index is 13.5. The predicted molar refractivity (Wildman–Crippen MR) is 69.2 cm³/mol. The Balaban J connectivity index is 2.13. The number of β-amino-alcohol motifs (C(OH)–C–C–N with tert-alkyl or cyclic N) is 1. The number of hydrogen-bond donors (Lipinski definition) is 3. The van der Waals surface area contributed by atoms with Gasteiger partial charge in [-0.1, -0.05) is 11.6 Å². The van der Waals surface area contributed by atoms with E-state index in [1.807, 2.05) is 0 Å². The molecular weight excluding hydrogens is 291 g/mol. The molecule has 0 radical (unpaired) electrons. The second-order valence-electron chi connectivity index (χ2n) is 4.45. The summed E-state index contributed by atoms with van der Waals surface area (Å²) in [6, 6.07) is 1.80. The molecule has 0 aromatic heterocycles. The van der Waals surface area contributed by atoms with Crippen molar-refractivity contribution < 1.29 is 24.2 Å². The van der Waals surface area contributed by atoms with Crippen molar-refractivity contribution in [1.82, 2.24) is 4.90 Å². The molecule has 2 amide bonds. The lowest BCUT2D eigenvalue weighted by molar-refractivity contribution is -0.141. The second-order valence-corrected chi connectivity index (χ2v) is 4.89. The average Bonchev–Trinajstić information content (AvgIpc) is 2.75. The highest BCUT2D eigenvalue weighted by molar-refractivity contribution is 6.30. The summed E-state index contributed by atoms with van der Waals surface area (Å²) >= 11 is 5.59. The van der Waals surface area contributed by atoms with Gasteiger partial charge in [0.25, 0.3) is 0 Å². The Kier molecular flexibility index (Phi) is 4.10. The van der Waals surface area contributed by atoms with Gasteiger partial charge in [-0.15, -0.1) is 0 Å². The number of nitrogens with one attached hydrogen (secondary N) is 1. The molecule has 3 N–H and O–H groups in total. The van der Waals surface area contributed by atoms with Crippen LogP contribution in [0.3, 0.4) is 0 Å². The molecule has 0 unspecified atom stereocenters. The van der Waals surface area contributed by atoms with Crippen LogP contribution in [0.25, 0.3) is 0 Å². The van der Waals surface area contributed by atoms with Crippen molar-refractivity contribution in [2.75, 3.05) is 11.9 Å². The normalized spacial score (nSPS) is 21.9. The van der Waals surface area contributed by atoms with E-state index in [4.69, 9.17) is 16.7 Å². The van der Waals surface area contributed by atoms with Gasteiger partial charge in [-0.05, 0) is 18.2 Å². The first-order valence-corrected chi connectivity index (χ1v) is 6.20. The third-order valence-electron chi connectivity index (χ3n) is 3.00. The molecule has 1 aliphatic rings. The molecule has 0 aliphatic carbocycles. The zero-order chi connectivity index (χ0) is 14.9. The van der Waals surface area contributed by atoms with Crippen molar-refractivity contribution >= 4 is 29.3 Å². The van der Waals surface area contributed by atoms with Crippen LogP contribution in [0.1, 0.15) is 6.42 Å². The molecule has 1 heterocycles. The predicted octanol–water partition coefficient (Wildman–Crippen LogP) is 1.53. The molecule has 108 valence electrons. The number of amides is 2. The number of carbonyl (C=O) groups excluding carboxylic acids is 1. The Hall–Kier alpha value is -1.86. The molecule has 6 nitrogen and oxygen atoms in total. The third-order valence-corrected chi connectivity index (χ3v) is 3.23. The molecule has 0 saturated carbocycles. The van der Waals surface area contributed by atoms with Crippen molar-refractivity contribution in [3.05, 3.63) is 29.0 Å². The summed E-state index contributed by atoms with van der Waals surface area (Å²) in [7, 11) is 0. The van der Waals surface area contributed by atoms with Crippen LogP contribution in [0.5, 0.6) is 0 Å². The van der Waals surface area contributed by atoms with Crippen LogP contribution in [0, 0.1) is 5.82 Å². The monoisotopic (exact) mass is 302 g/mol. The lowest BCUT2D eigenvalue weighted by atomic mass is 10.2. The number of aliphatic hydroxyl groups excluding tert-OH is 1. The van der Waals surface area contributed by atoms with Gasteiger partial charge in [0, 0.05) is 18.0 Å². The van der Waals surface area contributed by atoms with Crippen molar-refractivity contribution in [3.8, 4) is 0 Å². The molecule has 1 aromatic rings. The molecule has 1 saturated heterocycles. The number of rotatable bonds is 2. The molecule has 2 rings (SSSR count). The summed E-state index contributed by atoms with van der Waals surface area (Å²) in [6.45, 7) is -0.113. The van der Waals surface area contributed by atoms with Crippen molar-refractivity contribution in [3.63, 3.8) is 0 Å². The minimum absolute atomic E-state index is 0.0497. The number of nitrogens with zero attached hydrogens (tertiary/aromatic N) is 1. The lowest BCUT2D eigenvalue weighted by Gasteiger charge is -2.21. The summed E-state index contributed by atoms with van der Waals surface area (Å²) in [5, 5.41) is 20.9. The maximum atomic E-state index is 13.5. The van der Waals surface area contributed by atoms with Crippen LogP contribution in [0.2, 0.25) is 5.02 Å². The first kappa shape index (κ1) is 14.5. The molecule has 1 fully saturated rings. The van der Waals surface area contributed by atoms with Crippen LogP contribution in [0.15, 0.2) is 18.2 Å². The standard InChI is InChI=1S/C12H12ClFN2O4/c13-6-1-2-9(8(14)3-6)15-12(20)16-5-7(17)4-10(16)11(18)19/h1-3,7,10,17H,4-5H2,(H,15,20)(H,18,19)/t7-,10-/m1/s1. The first-order chi connectivity index (χ1) is 9.38. The Bertz CT molecular complexity index is 554. The van der Waals surface area contributed by atoms with E-state index in [2.05, 4.69) is 5.32 Å². The highest BCUT2D eigenvalue weighted by atomic mass is 35.5. The van der Waals surface area contributed by atoms with Gasteiger partial charge in [0.05, 0.1) is 11.8 Å². The number of carboxylic acids is 1. The fraction of sp³-hybridized carbons (Fsp3) is 0.333. The number of hydrogen-bond acceptors (Lipinski definition) is 3. The number of anilines is 1. The SMILES string of the molecule is O=C(O)[C@H]1C[C@@H](O)CN1C(=O)Nc1ccc(Cl)cc1F. The van der Waals surface area contributed by atoms with Crippen LogP contribution in [-0.2, 0) is 4.79 Å². The summed E-state index contributed by atoms with van der Waals surface area (Å²) in [4.78, 5) is 23.9. The molecular formula is C12H12ClFN2O4. The van der Waals surface area contributed by atoms with Crippen LogP contribution < -0.4 is 5.32 Å². The van der Waals surface area contributed by atoms with Gasteiger partial charge in [-0.2, -0.15) is 0 Å². The topological polar surface area (TPSA) is 89.9 Å². The van der Waals surface area contributed by atoms with Crippen LogP contribution in [-0.4, -0.2) is 45.8 Å². The molecule has 1 aliphatic heterocycles. The van der Waals surface area contributed by atoms with Gasteiger partial charge in [-0.3, -0.25) is 0 Å². The summed E-state index contributed by atoms with van der Waals surface area (Å²) < 4.78 is 13.5. The van der Waals surface area contributed by atoms with Crippen LogP contribution in [0.4, 0.5) is 14.9 Å². The Morgan fingerprint density at radius 3 is 2.75 bits per heavy atom. The number of likely N-dealkylation sites (tertiary alicyclic amines) is 1. The Labute approximate surface area is 118 Å². The number of urea groups is 1. The molecule has 2 atom stereocenters. The minimum Gasteiger partial charge on any atom is -0.480 e. The molecule has 8 heteroatoms. The van der Waals surface area contributed by atoms with E-state index < -0.39 is 30.0 Å². The minimum atomic E-state index is -1.21. The third kappa shape index (κ3) is 3.00. The van der Waals surface area contributed by atoms with Gasteiger partial charge in [0.1, 0.15) is 11.9 Å². The number of benzene rings is 1. The average molecular weight is 303 g/mol. The maximum Gasteiger partial charge on any atom is 0.326 e. The summed E-state index contributed by atoms with van der Waals surface area (Å²) in [5.74, 6) is -1.94. The smallest absolute Gasteiger partial charge is 0.326 e. The van der Waals surface area contributed by atoms with E-state index in [1.165, 1.54) is 12.1 Å². The van der Waals surface area contributed by atoms with E-state index >= 15 is 0 Å². The van der Waals surface area contributed by atoms with Gasteiger partial charge >= 0.3 is 12.0 Å². The molecule has 0 bridgehead atoms. The van der Waals surface area contributed by atoms with E-state index in [0.29, 0.717) is 0 Å². The highest BCUT2D eigenvalue weighted by Crippen LogP contribution is 2.22. The Morgan fingerprint density at radius 1 is 1.45 bits per heavy atom. The zero-order valence-corrected chi connectivity index (χ0v) is 11.0. The van der Waals surface area contributed by atoms with Crippen molar-refractivity contribution in [1.29, 1.82) is 0 Å². The van der Waals surface area contributed by atoms with Crippen molar-refractivity contribution in [2.24, 2.45) is 0 Å². The number of carboxylic acid groups (broad SMARTS) is 1. The quantitative estimate of drug-likeness (QED) is 0.773. The number of aliphatic carboxylic acids is 1. The number of carbonyl (C=O) groups is 2. The summed E-state index contributed by atoms with van der Waals surface area (Å²) in [6.07, 6.45) is -0.955. The Morgan fingerprint density at radius 2 is 2.15 bits per heavy atom. The van der Waals surface area contributed by atoms with Gasteiger partial charge in [0.2, 0.25) is 0 Å². The van der Waals surface area contributed by atoms with Gasteiger partial charge < -0.3 is 20.4 Å². The molecule has 20 heavy (non-hydrogen) atoms. The van der Waals surface area contributed by atoms with E-state index in [0.717, 1.165) is 11.0 Å².